The zero-order valence-corrected chi connectivity index (χ0v) is 12.3. The van der Waals surface area contributed by atoms with E-state index in [-0.39, 0.29) is 6.54 Å². The van der Waals surface area contributed by atoms with Crippen LogP contribution in [0.5, 0.6) is 0 Å². The topological polar surface area (TPSA) is 87.1 Å². The van der Waals surface area contributed by atoms with Crippen LogP contribution in [0.4, 0.5) is 17.3 Å². The molecule has 0 atom stereocenters. The Labute approximate surface area is 124 Å². The molecule has 2 rings (SSSR count). The number of anilines is 3. The van der Waals surface area contributed by atoms with Gasteiger partial charge in [-0.05, 0) is 31.2 Å². The lowest BCUT2D eigenvalue weighted by molar-refractivity contribution is -0.134. The Kier molecular flexibility index (Phi) is 4.52. The first kappa shape index (κ1) is 14.3. The molecule has 0 amide bonds. The van der Waals surface area contributed by atoms with Gasteiger partial charge in [0.05, 0.1) is 0 Å². The molecule has 0 aliphatic rings. The van der Waals surface area contributed by atoms with E-state index in [1.807, 2.05) is 24.3 Å². The van der Waals surface area contributed by atoms with E-state index in [2.05, 4.69) is 36.5 Å². The first-order chi connectivity index (χ1) is 9.52. The van der Waals surface area contributed by atoms with Crippen molar-refractivity contribution >= 4 is 39.2 Å². The standard InChI is InChI=1S/C13H13BrN4O2/c1-8-16-11(15-7-13(19)20)6-12(17-8)18-10-4-2-9(14)3-5-10/h2-6H,7H2,1H3,(H,19,20)(H2,15,16,17,18). The summed E-state index contributed by atoms with van der Waals surface area (Å²) in [5.74, 6) is 0.691. The summed E-state index contributed by atoms with van der Waals surface area (Å²) in [5, 5.41) is 14.5. The third kappa shape index (κ3) is 4.20. The highest BCUT2D eigenvalue weighted by Crippen LogP contribution is 2.19. The number of carbonyl (C=O) groups is 1. The van der Waals surface area contributed by atoms with Gasteiger partial charge in [0, 0.05) is 16.2 Å². The fourth-order valence-corrected chi connectivity index (χ4v) is 1.83. The van der Waals surface area contributed by atoms with Crippen LogP contribution in [0, 0.1) is 6.92 Å². The van der Waals surface area contributed by atoms with Gasteiger partial charge in [-0.1, -0.05) is 15.9 Å². The third-order valence-corrected chi connectivity index (χ3v) is 2.90. The van der Waals surface area contributed by atoms with Crippen LogP contribution in [0.1, 0.15) is 5.82 Å². The molecule has 3 N–H and O–H groups in total. The van der Waals surface area contributed by atoms with Crippen LogP contribution in [0.3, 0.4) is 0 Å². The number of aliphatic carboxylic acids is 1. The fraction of sp³-hybridized carbons (Fsp3) is 0.154. The minimum Gasteiger partial charge on any atom is -0.480 e. The number of benzene rings is 1. The van der Waals surface area contributed by atoms with Gasteiger partial charge in [0.1, 0.15) is 24.0 Å². The summed E-state index contributed by atoms with van der Waals surface area (Å²) in [7, 11) is 0. The molecule has 7 heteroatoms. The maximum absolute atomic E-state index is 10.5. The van der Waals surface area contributed by atoms with Crippen LogP contribution < -0.4 is 10.6 Å². The zero-order chi connectivity index (χ0) is 14.5. The highest BCUT2D eigenvalue weighted by atomic mass is 79.9. The molecule has 0 unspecified atom stereocenters. The number of aryl methyl sites for hydroxylation is 1. The van der Waals surface area contributed by atoms with E-state index in [1.54, 1.807) is 13.0 Å². The maximum Gasteiger partial charge on any atom is 0.322 e. The Bertz CT molecular complexity index is 616. The summed E-state index contributed by atoms with van der Waals surface area (Å²) in [6.07, 6.45) is 0. The minimum atomic E-state index is -0.941. The SMILES string of the molecule is Cc1nc(NCC(=O)O)cc(Nc2ccc(Br)cc2)n1. The Balaban J connectivity index is 2.14. The molecule has 0 radical (unpaired) electrons. The molecule has 1 aromatic carbocycles. The summed E-state index contributed by atoms with van der Waals surface area (Å²) in [4.78, 5) is 18.9. The first-order valence-corrected chi connectivity index (χ1v) is 6.66. The average Bonchev–Trinajstić information content (AvgIpc) is 2.38. The molecule has 0 aliphatic heterocycles. The van der Waals surface area contributed by atoms with Gasteiger partial charge in [0.25, 0.3) is 0 Å². The smallest absolute Gasteiger partial charge is 0.322 e. The minimum absolute atomic E-state index is 0.186. The van der Waals surface area contributed by atoms with Crippen molar-refractivity contribution in [3.05, 3.63) is 40.6 Å². The Hall–Kier alpha value is -2.15. The molecule has 0 bridgehead atoms. The molecule has 6 nitrogen and oxygen atoms in total. The van der Waals surface area contributed by atoms with E-state index in [9.17, 15) is 4.79 Å². The van der Waals surface area contributed by atoms with E-state index in [4.69, 9.17) is 5.11 Å². The summed E-state index contributed by atoms with van der Waals surface area (Å²) in [6.45, 7) is 1.56. The molecular weight excluding hydrogens is 324 g/mol. The molecule has 0 saturated heterocycles. The molecule has 1 aromatic heterocycles. The normalized spacial score (nSPS) is 10.1. The van der Waals surface area contributed by atoms with Crippen molar-refractivity contribution in [1.29, 1.82) is 0 Å². The lowest BCUT2D eigenvalue weighted by Gasteiger charge is -2.09. The predicted octanol–water partition coefficient (Wildman–Crippen LogP) is 2.79. The second kappa shape index (κ2) is 6.33. The van der Waals surface area contributed by atoms with E-state index in [1.165, 1.54) is 0 Å². The van der Waals surface area contributed by atoms with Crippen molar-refractivity contribution < 1.29 is 9.90 Å². The van der Waals surface area contributed by atoms with Crippen molar-refractivity contribution in [2.45, 2.75) is 6.92 Å². The molecule has 2 aromatic rings. The van der Waals surface area contributed by atoms with Crippen LogP contribution in [-0.2, 0) is 4.79 Å². The second-order valence-electron chi connectivity index (χ2n) is 4.06. The van der Waals surface area contributed by atoms with Gasteiger partial charge in [-0.25, -0.2) is 9.97 Å². The van der Waals surface area contributed by atoms with Crippen molar-refractivity contribution in [3.8, 4) is 0 Å². The summed E-state index contributed by atoms with van der Waals surface area (Å²) < 4.78 is 0.991. The molecule has 0 spiro atoms. The number of halogens is 1. The first-order valence-electron chi connectivity index (χ1n) is 5.87. The van der Waals surface area contributed by atoms with E-state index in [0.29, 0.717) is 17.5 Å². The number of nitrogens with one attached hydrogen (secondary N) is 2. The van der Waals surface area contributed by atoms with Crippen LogP contribution in [0.15, 0.2) is 34.8 Å². The van der Waals surface area contributed by atoms with Gasteiger partial charge in [-0.15, -0.1) is 0 Å². The molecular formula is C13H13BrN4O2. The average molecular weight is 337 g/mol. The van der Waals surface area contributed by atoms with Gasteiger partial charge < -0.3 is 15.7 Å². The summed E-state index contributed by atoms with van der Waals surface area (Å²) >= 11 is 3.37. The zero-order valence-electron chi connectivity index (χ0n) is 10.7. The van der Waals surface area contributed by atoms with Gasteiger partial charge in [-0.2, -0.15) is 0 Å². The number of hydrogen-bond acceptors (Lipinski definition) is 5. The lowest BCUT2D eigenvalue weighted by atomic mass is 10.3. The maximum atomic E-state index is 10.5. The highest BCUT2D eigenvalue weighted by Gasteiger charge is 2.04. The number of carboxylic acid groups (broad SMARTS) is 1. The fourth-order valence-electron chi connectivity index (χ4n) is 1.57. The van der Waals surface area contributed by atoms with Crippen molar-refractivity contribution in [2.75, 3.05) is 17.2 Å². The van der Waals surface area contributed by atoms with Crippen LogP contribution in [0.25, 0.3) is 0 Å². The van der Waals surface area contributed by atoms with E-state index >= 15 is 0 Å². The quantitative estimate of drug-likeness (QED) is 0.778. The third-order valence-electron chi connectivity index (χ3n) is 2.38. The number of aromatic nitrogens is 2. The summed E-state index contributed by atoms with van der Waals surface area (Å²) in [6, 6.07) is 9.32. The van der Waals surface area contributed by atoms with E-state index in [0.717, 1.165) is 10.2 Å². The number of nitrogens with zero attached hydrogens (tertiary/aromatic N) is 2. The molecule has 0 saturated carbocycles. The molecule has 1 heterocycles. The van der Waals surface area contributed by atoms with Crippen molar-refractivity contribution in [2.24, 2.45) is 0 Å². The molecule has 104 valence electrons. The molecule has 0 fully saturated rings. The van der Waals surface area contributed by atoms with Crippen molar-refractivity contribution in [1.82, 2.24) is 9.97 Å². The Morgan fingerprint density at radius 2 is 1.90 bits per heavy atom. The van der Waals surface area contributed by atoms with Crippen LogP contribution in [0.2, 0.25) is 0 Å². The second-order valence-corrected chi connectivity index (χ2v) is 4.98. The number of rotatable bonds is 5. The Morgan fingerprint density at radius 3 is 2.55 bits per heavy atom. The number of carboxylic acids is 1. The molecule has 20 heavy (non-hydrogen) atoms. The largest absolute Gasteiger partial charge is 0.480 e. The molecule has 0 aliphatic carbocycles. The summed E-state index contributed by atoms with van der Waals surface area (Å²) in [5.41, 5.74) is 0.885. The van der Waals surface area contributed by atoms with Gasteiger partial charge in [0.2, 0.25) is 0 Å². The monoisotopic (exact) mass is 336 g/mol. The van der Waals surface area contributed by atoms with Gasteiger partial charge in [0.15, 0.2) is 0 Å². The van der Waals surface area contributed by atoms with E-state index < -0.39 is 5.97 Å². The van der Waals surface area contributed by atoms with Gasteiger partial charge in [-0.3, -0.25) is 4.79 Å². The highest BCUT2D eigenvalue weighted by molar-refractivity contribution is 9.10. The van der Waals surface area contributed by atoms with Gasteiger partial charge >= 0.3 is 5.97 Å². The predicted molar refractivity (Wildman–Crippen MR) is 80.3 cm³/mol. The van der Waals surface area contributed by atoms with Crippen LogP contribution >= 0.6 is 15.9 Å². The Morgan fingerprint density at radius 1 is 1.25 bits per heavy atom. The van der Waals surface area contributed by atoms with Crippen molar-refractivity contribution in [3.63, 3.8) is 0 Å². The number of hydrogen-bond donors (Lipinski definition) is 3. The van der Waals surface area contributed by atoms with Crippen LogP contribution in [-0.4, -0.2) is 27.6 Å². The lowest BCUT2D eigenvalue weighted by Crippen LogP contribution is -2.14.